The number of thiazole rings is 1. The zero-order chi connectivity index (χ0) is 15.0. The van der Waals surface area contributed by atoms with Crippen LogP contribution in [0.2, 0.25) is 0 Å². The molecular formula is C15H16N4OS. The van der Waals surface area contributed by atoms with E-state index in [0.717, 1.165) is 16.6 Å². The monoisotopic (exact) mass is 300 g/mol. The van der Waals surface area contributed by atoms with Crippen LogP contribution in [0.5, 0.6) is 0 Å². The Kier molecular flexibility index (Phi) is 3.39. The van der Waals surface area contributed by atoms with E-state index in [1.54, 1.807) is 12.1 Å². The SMILES string of the molecule is CC(C)c1csc(NC(=O)c2cc3cc(N)ccc3[nH]2)n1. The number of nitrogens with one attached hydrogen (secondary N) is 2. The van der Waals surface area contributed by atoms with Gasteiger partial charge in [-0.1, -0.05) is 13.8 Å². The highest BCUT2D eigenvalue weighted by Gasteiger charge is 2.13. The van der Waals surface area contributed by atoms with E-state index in [1.165, 1.54) is 11.3 Å². The number of rotatable bonds is 3. The Hall–Kier alpha value is -2.34. The van der Waals surface area contributed by atoms with Crippen LogP contribution in [0.1, 0.15) is 35.9 Å². The molecule has 0 radical (unpaired) electrons. The third-order valence-corrected chi connectivity index (χ3v) is 4.00. The predicted octanol–water partition coefficient (Wildman–Crippen LogP) is 3.58. The Balaban J connectivity index is 1.82. The van der Waals surface area contributed by atoms with Gasteiger partial charge in [0, 0.05) is 22.0 Å². The maximum absolute atomic E-state index is 12.2. The highest BCUT2D eigenvalue weighted by molar-refractivity contribution is 7.14. The number of nitrogens with zero attached hydrogens (tertiary/aromatic N) is 1. The van der Waals surface area contributed by atoms with Crippen LogP contribution in [-0.4, -0.2) is 15.9 Å². The molecule has 1 amide bonds. The second-order valence-corrected chi connectivity index (χ2v) is 6.07. The zero-order valence-corrected chi connectivity index (χ0v) is 12.6. The third kappa shape index (κ3) is 2.75. The molecule has 3 aromatic rings. The maximum atomic E-state index is 12.2. The van der Waals surface area contributed by atoms with E-state index in [9.17, 15) is 4.79 Å². The Morgan fingerprint density at radius 1 is 1.38 bits per heavy atom. The number of benzene rings is 1. The van der Waals surface area contributed by atoms with Gasteiger partial charge in [-0.05, 0) is 30.2 Å². The van der Waals surface area contributed by atoms with Crippen molar-refractivity contribution >= 4 is 39.0 Å². The van der Waals surface area contributed by atoms with Crippen LogP contribution in [0.4, 0.5) is 10.8 Å². The van der Waals surface area contributed by atoms with E-state index in [4.69, 9.17) is 5.73 Å². The molecule has 3 rings (SSSR count). The van der Waals surface area contributed by atoms with Crippen LogP contribution < -0.4 is 11.1 Å². The van der Waals surface area contributed by atoms with Crippen molar-refractivity contribution in [1.29, 1.82) is 0 Å². The van der Waals surface area contributed by atoms with Gasteiger partial charge in [-0.2, -0.15) is 0 Å². The lowest BCUT2D eigenvalue weighted by Crippen LogP contribution is -2.12. The first-order valence-corrected chi connectivity index (χ1v) is 7.56. The van der Waals surface area contributed by atoms with Gasteiger partial charge in [0.15, 0.2) is 5.13 Å². The topological polar surface area (TPSA) is 83.8 Å². The summed E-state index contributed by atoms with van der Waals surface area (Å²) in [5.74, 6) is 0.150. The average molecular weight is 300 g/mol. The average Bonchev–Trinajstić information content (AvgIpc) is 3.04. The molecule has 0 saturated carbocycles. The van der Waals surface area contributed by atoms with Gasteiger partial charge in [0.25, 0.3) is 5.91 Å². The normalized spacial score (nSPS) is 11.2. The lowest BCUT2D eigenvalue weighted by Gasteiger charge is -1.99. The summed E-state index contributed by atoms with van der Waals surface area (Å²) >= 11 is 1.43. The molecule has 6 heteroatoms. The molecule has 0 atom stereocenters. The van der Waals surface area contributed by atoms with Crippen LogP contribution in [-0.2, 0) is 0 Å². The van der Waals surface area contributed by atoms with E-state index in [1.807, 2.05) is 17.5 Å². The Morgan fingerprint density at radius 3 is 2.90 bits per heavy atom. The van der Waals surface area contributed by atoms with Gasteiger partial charge in [0.1, 0.15) is 5.69 Å². The number of hydrogen-bond acceptors (Lipinski definition) is 4. The summed E-state index contributed by atoms with van der Waals surface area (Å²) in [5.41, 5.74) is 8.79. The second-order valence-electron chi connectivity index (χ2n) is 5.22. The molecule has 0 aliphatic rings. The molecule has 108 valence electrons. The lowest BCUT2D eigenvalue weighted by atomic mass is 10.2. The molecule has 5 nitrogen and oxygen atoms in total. The van der Waals surface area contributed by atoms with Crippen molar-refractivity contribution in [3.63, 3.8) is 0 Å². The minimum Gasteiger partial charge on any atom is -0.399 e. The van der Waals surface area contributed by atoms with Crippen molar-refractivity contribution in [2.75, 3.05) is 11.1 Å². The van der Waals surface area contributed by atoms with Gasteiger partial charge in [-0.25, -0.2) is 4.98 Å². The molecule has 0 aliphatic carbocycles. The predicted molar refractivity (Wildman–Crippen MR) is 86.9 cm³/mol. The number of amides is 1. The van der Waals surface area contributed by atoms with Gasteiger partial charge in [0.2, 0.25) is 0 Å². The molecule has 0 saturated heterocycles. The molecule has 0 aliphatic heterocycles. The number of H-pyrrole nitrogens is 1. The van der Waals surface area contributed by atoms with Crippen LogP contribution in [0.3, 0.4) is 0 Å². The maximum Gasteiger partial charge on any atom is 0.273 e. The van der Waals surface area contributed by atoms with E-state index in [2.05, 4.69) is 29.1 Å². The molecule has 2 heterocycles. The van der Waals surface area contributed by atoms with Crippen LogP contribution >= 0.6 is 11.3 Å². The fourth-order valence-electron chi connectivity index (χ4n) is 2.05. The smallest absolute Gasteiger partial charge is 0.273 e. The molecule has 21 heavy (non-hydrogen) atoms. The van der Waals surface area contributed by atoms with E-state index >= 15 is 0 Å². The van der Waals surface area contributed by atoms with Crippen molar-refractivity contribution in [3.8, 4) is 0 Å². The summed E-state index contributed by atoms with van der Waals surface area (Å²) in [7, 11) is 0. The number of anilines is 2. The Bertz CT molecular complexity index is 803. The highest BCUT2D eigenvalue weighted by Crippen LogP contribution is 2.23. The summed E-state index contributed by atoms with van der Waals surface area (Å²) in [5, 5.41) is 6.31. The molecular weight excluding hydrogens is 284 g/mol. The first-order chi connectivity index (χ1) is 10.0. The largest absolute Gasteiger partial charge is 0.399 e. The van der Waals surface area contributed by atoms with Gasteiger partial charge >= 0.3 is 0 Å². The van der Waals surface area contributed by atoms with Crippen molar-refractivity contribution < 1.29 is 4.79 Å². The van der Waals surface area contributed by atoms with Crippen LogP contribution in [0.25, 0.3) is 10.9 Å². The standard InChI is InChI=1S/C15H16N4OS/c1-8(2)13-7-21-15(18-13)19-14(20)12-6-9-5-10(16)3-4-11(9)17-12/h3-8,17H,16H2,1-2H3,(H,18,19,20). The number of nitrogen functional groups attached to an aromatic ring is 1. The van der Waals surface area contributed by atoms with Gasteiger partial charge in [-0.15, -0.1) is 11.3 Å². The van der Waals surface area contributed by atoms with E-state index in [-0.39, 0.29) is 5.91 Å². The molecule has 0 unspecified atom stereocenters. The number of carbonyl (C=O) groups excluding carboxylic acids is 1. The molecule has 1 aromatic carbocycles. The fraction of sp³-hybridized carbons (Fsp3) is 0.200. The molecule has 0 fully saturated rings. The summed E-state index contributed by atoms with van der Waals surface area (Å²) < 4.78 is 0. The fourth-order valence-corrected chi connectivity index (χ4v) is 2.91. The number of nitrogens with two attached hydrogens (primary N) is 1. The summed E-state index contributed by atoms with van der Waals surface area (Å²) in [6.45, 7) is 4.14. The zero-order valence-electron chi connectivity index (χ0n) is 11.8. The number of aromatic amines is 1. The summed E-state index contributed by atoms with van der Waals surface area (Å²) in [6, 6.07) is 7.29. The molecule has 2 aromatic heterocycles. The van der Waals surface area contributed by atoms with Crippen LogP contribution in [0.15, 0.2) is 29.6 Å². The van der Waals surface area contributed by atoms with Crippen molar-refractivity contribution in [2.45, 2.75) is 19.8 Å². The second kappa shape index (κ2) is 5.21. The minimum absolute atomic E-state index is 0.200. The van der Waals surface area contributed by atoms with E-state index < -0.39 is 0 Å². The number of aromatic nitrogens is 2. The molecule has 0 spiro atoms. The highest BCUT2D eigenvalue weighted by atomic mass is 32.1. The minimum atomic E-state index is -0.200. The summed E-state index contributed by atoms with van der Waals surface area (Å²) in [4.78, 5) is 19.7. The van der Waals surface area contributed by atoms with Crippen molar-refractivity contribution in [2.24, 2.45) is 0 Å². The van der Waals surface area contributed by atoms with Crippen LogP contribution in [0, 0.1) is 0 Å². The summed E-state index contributed by atoms with van der Waals surface area (Å²) in [6.07, 6.45) is 0. The van der Waals surface area contributed by atoms with Crippen molar-refractivity contribution in [1.82, 2.24) is 9.97 Å². The first kappa shape index (κ1) is 13.6. The molecule has 4 N–H and O–H groups in total. The van der Waals surface area contributed by atoms with E-state index in [0.29, 0.717) is 22.4 Å². The number of fused-ring (bicyclic) bond motifs is 1. The van der Waals surface area contributed by atoms with Gasteiger partial charge in [0.05, 0.1) is 5.69 Å². The van der Waals surface area contributed by atoms with Gasteiger partial charge in [-0.3, -0.25) is 10.1 Å². The lowest BCUT2D eigenvalue weighted by molar-refractivity contribution is 0.102. The van der Waals surface area contributed by atoms with Crippen molar-refractivity contribution in [3.05, 3.63) is 41.0 Å². The Morgan fingerprint density at radius 2 is 2.19 bits per heavy atom. The number of carbonyl (C=O) groups is 1. The quantitative estimate of drug-likeness (QED) is 0.646. The Labute approximate surface area is 126 Å². The number of hydrogen-bond donors (Lipinski definition) is 3. The van der Waals surface area contributed by atoms with Gasteiger partial charge < -0.3 is 10.7 Å². The molecule has 0 bridgehead atoms. The third-order valence-electron chi connectivity index (χ3n) is 3.22. The first-order valence-electron chi connectivity index (χ1n) is 6.68.